The summed E-state index contributed by atoms with van der Waals surface area (Å²) < 4.78 is 42.7. The smallest absolute Gasteiger partial charge is 0.416 e. The highest BCUT2D eigenvalue weighted by molar-refractivity contribution is 5.74. The van der Waals surface area contributed by atoms with Crippen LogP contribution in [0.2, 0.25) is 0 Å². The quantitative estimate of drug-likeness (QED) is 0.862. The molecular weight excluding hydrogens is 335 g/mol. The van der Waals surface area contributed by atoms with Crippen molar-refractivity contribution in [3.05, 3.63) is 59.3 Å². The number of halogens is 3. The number of alkyl halides is 3. The number of nitrogens with zero attached hydrogens (tertiary/aromatic N) is 1. The monoisotopic (exact) mass is 353 g/mol. The Bertz CT molecular complexity index is 718. The number of rotatable bonds is 5. The van der Waals surface area contributed by atoms with Crippen LogP contribution in [0.4, 0.5) is 18.0 Å². The van der Waals surface area contributed by atoms with Gasteiger partial charge >= 0.3 is 12.2 Å². The van der Waals surface area contributed by atoms with E-state index in [2.05, 4.69) is 15.6 Å². The molecule has 0 saturated carbocycles. The van der Waals surface area contributed by atoms with E-state index in [0.29, 0.717) is 11.4 Å². The Morgan fingerprint density at radius 2 is 1.92 bits per heavy atom. The molecular formula is C17H18F3N3O2. The van der Waals surface area contributed by atoms with Gasteiger partial charge in [-0.2, -0.15) is 13.2 Å². The van der Waals surface area contributed by atoms with E-state index in [4.69, 9.17) is 4.74 Å². The molecule has 0 radical (unpaired) electrons. The minimum absolute atomic E-state index is 0.268. The van der Waals surface area contributed by atoms with E-state index in [9.17, 15) is 18.0 Å². The lowest BCUT2D eigenvalue weighted by molar-refractivity contribution is -0.137. The third-order valence-corrected chi connectivity index (χ3v) is 3.55. The normalized spacial score (nSPS) is 12.4. The van der Waals surface area contributed by atoms with Gasteiger partial charge in [0.05, 0.1) is 18.7 Å². The second kappa shape index (κ2) is 7.87. The number of urea groups is 1. The minimum atomic E-state index is -4.38. The minimum Gasteiger partial charge on any atom is -0.481 e. The van der Waals surface area contributed by atoms with Gasteiger partial charge < -0.3 is 15.4 Å². The summed E-state index contributed by atoms with van der Waals surface area (Å²) in [6.07, 6.45) is -2.81. The highest BCUT2D eigenvalue weighted by atomic mass is 19.4. The van der Waals surface area contributed by atoms with Crippen LogP contribution in [-0.4, -0.2) is 18.1 Å². The molecule has 2 amide bonds. The molecule has 0 aliphatic carbocycles. The Morgan fingerprint density at radius 1 is 1.24 bits per heavy atom. The number of ether oxygens (including phenoxy) is 1. The van der Waals surface area contributed by atoms with Gasteiger partial charge in [-0.3, -0.25) is 0 Å². The van der Waals surface area contributed by atoms with E-state index in [1.807, 2.05) is 0 Å². The summed E-state index contributed by atoms with van der Waals surface area (Å²) in [7, 11) is 1.50. The predicted octanol–water partition coefficient (Wildman–Crippen LogP) is 3.67. The number of hydrogen-bond donors (Lipinski definition) is 2. The van der Waals surface area contributed by atoms with Crippen molar-refractivity contribution in [1.29, 1.82) is 0 Å². The highest BCUT2D eigenvalue weighted by Gasteiger charge is 2.30. The molecule has 134 valence electrons. The lowest BCUT2D eigenvalue weighted by Crippen LogP contribution is -2.36. The van der Waals surface area contributed by atoms with Crippen LogP contribution in [0.3, 0.4) is 0 Å². The molecule has 2 rings (SSSR count). The van der Waals surface area contributed by atoms with Gasteiger partial charge in [-0.05, 0) is 36.2 Å². The number of nitrogens with one attached hydrogen (secondary N) is 2. The highest BCUT2D eigenvalue weighted by Crippen LogP contribution is 2.29. The molecule has 5 nitrogen and oxygen atoms in total. The molecule has 0 saturated heterocycles. The fourth-order valence-corrected chi connectivity index (χ4v) is 2.15. The molecule has 8 heteroatoms. The molecule has 0 aliphatic heterocycles. The first-order valence-electron chi connectivity index (χ1n) is 7.50. The number of methoxy groups -OCH3 is 1. The molecule has 1 heterocycles. The number of carbonyl (C=O) groups is 1. The van der Waals surface area contributed by atoms with Gasteiger partial charge in [0.1, 0.15) is 0 Å². The third-order valence-electron chi connectivity index (χ3n) is 3.55. The standard InChI is InChI=1S/C17H18F3N3O2/c1-11(13-3-5-14(6-4-13)17(18,19)20)23-16(24)22-10-12-7-8-21-15(9-12)25-2/h3-9,11H,10H2,1-2H3,(H2,22,23,24). The van der Waals surface area contributed by atoms with Crippen LogP contribution in [0, 0.1) is 0 Å². The maximum Gasteiger partial charge on any atom is 0.416 e. The van der Waals surface area contributed by atoms with Crippen LogP contribution in [0.5, 0.6) is 5.88 Å². The van der Waals surface area contributed by atoms with Crippen LogP contribution < -0.4 is 15.4 Å². The average molecular weight is 353 g/mol. The van der Waals surface area contributed by atoms with Crippen LogP contribution in [0.25, 0.3) is 0 Å². The van der Waals surface area contributed by atoms with E-state index >= 15 is 0 Å². The first-order valence-corrected chi connectivity index (χ1v) is 7.50. The Kier molecular flexibility index (Phi) is 5.84. The van der Waals surface area contributed by atoms with Crippen molar-refractivity contribution >= 4 is 6.03 Å². The van der Waals surface area contributed by atoms with Gasteiger partial charge in [0.25, 0.3) is 0 Å². The second-order valence-corrected chi connectivity index (χ2v) is 5.37. The van der Waals surface area contributed by atoms with Gasteiger partial charge in [0.15, 0.2) is 0 Å². The molecule has 2 aromatic rings. The van der Waals surface area contributed by atoms with E-state index in [1.165, 1.54) is 19.2 Å². The SMILES string of the molecule is COc1cc(CNC(=O)NC(C)c2ccc(C(F)(F)F)cc2)ccn1. The van der Waals surface area contributed by atoms with E-state index in [-0.39, 0.29) is 6.54 Å². The summed E-state index contributed by atoms with van der Waals surface area (Å²) in [5.74, 6) is 0.442. The van der Waals surface area contributed by atoms with Gasteiger partial charge in [-0.1, -0.05) is 12.1 Å². The fraction of sp³-hybridized carbons (Fsp3) is 0.294. The van der Waals surface area contributed by atoms with Crippen molar-refractivity contribution in [3.8, 4) is 5.88 Å². The van der Waals surface area contributed by atoms with Crippen molar-refractivity contribution in [2.45, 2.75) is 25.7 Å². The zero-order valence-corrected chi connectivity index (χ0v) is 13.7. The van der Waals surface area contributed by atoms with Crippen LogP contribution >= 0.6 is 0 Å². The molecule has 2 N–H and O–H groups in total. The maximum absolute atomic E-state index is 12.6. The number of pyridine rings is 1. The molecule has 1 atom stereocenters. The van der Waals surface area contributed by atoms with Crippen molar-refractivity contribution < 1.29 is 22.7 Å². The summed E-state index contributed by atoms with van der Waals surface area (Å²) >= 11 is 0. The van der Waals surface area contributed by atoms with Gasteiger partial charge in [-0.15, -0.1) is 0 Å². The summed E-state index contributed by atoms with van der Waals surface area (Å²) in [4.78, 5) is 15.9. The second-order valence-electron chi connectivity index (χ2n) is 5.37. The van der Waals surface area contributed by atoms with Crippen molar-refractivity contribution in [1.82, 2.24) is 15.6 Å². The Balaban J connectivity index is 1.89. The van der Waals surface area contributed by atoms with Gasteiger partial charge in [0, 0.05) is 18.8 Å². The molecule has 0 bridgehead atoms. The number of aromatic nitrogens is 1. The number of amides is 2. The zero-order valence-electron chi connectivity index (χ0n) is 13.7. The maximum atomic E-state index is 12.6. The molecule has 25 heavy (non-hydrogen) atoms. The van der Waals surface area contributed by atoms with Crippen LogP contribution in [0.1, 0.15) is 29.7 Å². The first-order chi connectivity index (χ1) is 11.8. The Hall–Kier alpha value is -2.77. The van der Waals surface area contributed by atoms with Gasteiger partial charge in [0.2, 0.25) is 5.88 Å². The third kappa shape index (κ3) is 5.37. The molecule has 1 unspecified atom stereocenters. The summed E-state index contributed by atoms with van der Waals surface area (Å²) in [6.45, 7) is 1.96. The first kappa shape index (κ1) is 18.6. The van der Waals surface area contributed by atoms with E-state index < -0.39 is 23.8 Å². The van der Waals surface area contributed by atoms with Crippen molar-refractivity contribution in [2.24, 2.45) is 0 Å². The Morgan fingerprint density at radius 3 is 2.52 bits per heavy atom. The number of benzene rings is 1. The van der Waals surface area contributed by atoms with E-state index in [1.54, 1.807) is 25.3 Å². The lowest BCUT2D eigenvalue weighted by atomic mass is 10.1. The van der Waals surface area contributed by atoms with Crippen LogP contribution in [-0.2, 0) is 12.7 Å². The molecule has 0 spiro atoms. The topological polar surface area (TPSA) is 63.2 Å². The number of carbonyl (C=O) groups excluding carboxylic acids is 1. The Labute approximate surface area is 143 Å². The zero-order chi connectivity index (χ0) is 18.4. The summed E-state index contributed by atoms with van der Waals surface area (Å²) in [6, 6.07) is 7.26. The largest absolute Gasteiger partial charge is 0.481 e. The molecule has 1 aromatic carbocycles. The van der Waals surface area contributed by atoms with Crippen molar-refractivity contribution in [3.63, 3.8) is 0 Å². The summed E-state index contributed by atoms with van der Waals surface area (Å²) in [5, 5.41) is 5.35. The van der Waals surface area contributed by atoms with E-state index in [0.717, 1.165) is 17.7 Å². The predicted molar refractivity (Wildman–Crippen MR) is 86.0 cm³/mol. The average Bonchev–Trinajstić information content (AvgIpc) is 2.59. The molecule has 0 aliphatic rings. The molecule has 1 aromatic heterocycles. The fourth-order valence-electron chi connectivity index (χ4n) is 2.15. The van der Waals surface area contributed by atoms with Crippen molar-refractivity contribution in [2.75, 3.05) is 7.11 Å². The van der Waals surface area contributed by atoms with Crippen LogP contribution in [0.15, 0.2) is 42.6 Å². The number of hydrogen-bond acceptors (Lipinski definition) is 3. The van der Waals surface area contributed by atoms with Gasteiger partial charge in [-0.25, -0.2) is 9.78 Å². The summed E-state index contributed by atoms with van der Waals surface area (Å²) in [5.41, 5.74) is 0.664. The lowest BCUT2D eigenvalue weighted by Gasteiger charge is -2.16. The molecule has 0 fully saturated rings.